The molecule has 0 amide bonds. The van der Waals surface area contributed by atoms with E-state index >= 15 is 0 Å². The van der Waals surface area contributed by atoms with Crippen molar-refractivity contribution in [3.63, 3.8) is 0 Å². The number of hydrogen-bond donors (Lipinski definition) is 1. The lowest BCUT2D eigenvalue weighted by molar-refractivity contribution is -0.155. The summed E-state index contributed by atoms with van der Waals surface area (Å²) in [4.78, 5) is 13.9. The van der Waals surface area contributed by atoms with Crippen molar-refractivity contribution in [1.29, 1.82) is 0 Å². The number of piperidine rings is 1. The molecule has 0 aromatic carbocycles. The van der Waals surface area contributed by atoms with Crippen molar-refractivity contribution < 1.29 is 9.90 Å². The van der Waals surface area contributed by atoms with Gasteiger partial charge in [0.2, 0.25) is 0 Å². The molecule has 1 saturated heterocycles. The quantitative estimate of drug-likeness (QED) is 0.785. The third-order valence-corrected chi connectivity index (χ3v) is 4.47. The fraction of sp³-hybridized carbons (Fsp3) is 0.923. The molecule has 0 aromatic heterocycles. The summed E-state index contributed by atoms with van der Waals surface area (Å²) in [5.74, 6) is 0.187. The Morgan fingerprint density at radius 3 is 2.25 bits per heavy atom. The van der Waals surface area contributed by atoms with E-state index in [2.05, 4.69) is 11.8 Å². The summed E-state index contributed by atoms with van der Waals surface area (Å²) < 4.78 is 0. The molecule has 1 aliphatic heterocycles. The summed E-state index contributed by atoms with van der Waals surface area (Å²) in [5.41, 5.74) is -0.515. The van der Waals surface area contributed by atoms with Crippen molar-refractivity contribution in [2.45, 2.75) is 57.4 Å². The first kappa shape index (κ1) is 11.9. The third-order valence-electron chi connectivity index (χ3n) is 4.47. The van der Waals surface area contributed by atoms with Gasteiger partial charge in [-0.25, -0.2) is 0 Å². The van der Waals surface area contributed by atoms with Crippen LogP contribution in [0.4, 0.5) is 0 Å². The van der Waals surface area contributed by atoms with Crippen LogP contribution in [0.3, 0.4) is 0 Å². The maximum absolute atomic E-state index is 11.6. The first-order valence-corrected chi connectivity index (χ1v) is 6.63. The molecular formula is C13H23NO2. The highest BCUT2D eigenvalue weighted by Crippen LogP contribution is 2.36. The van der Waals surface area contributed by atoms with Gasteiger partial charge in [0.25, 0.3) is 0 Å². The van der Waals surface area contributed by atoms with Gasteiger partial charge in [0.15, 0.2) is 0 Å². The van der Waals surface area contributed by atoms with Crippen molar-refractivity contribution in [2.75, 3.05) is 13.1 Å². The minimum absolute atomic E-state index is 0.515. The molecule has 2 fully saturated rings. The summed E-state index contributed by atoms with van der Waals surface area (Å²) in [6.45, 7) is 4.23. The van der Waals surface area contributed by atoms with E-state index in [1.807, 2.05) is 0 Å². The fourth-order valence-corrected chi connectivity index (χ4v) is 3.24. The van der Waals surface area contributed by atoms with Crippen molar-refractivity contribution >= 4 is 5.97 Å². The maximum Gasteiger partial charge on any atom is 0.324 e. The van der Waals surface area contributed by atoms with Crippen LogP contribution in [0.2, 0.25) is 0 Å². The standard InChI is InChI=1S/C13H23NO2/c1-11-5-9-14(10-6-11)13(12(15)16)7-3-2-4-8-13/h11H,2-10H2,1H3,(H,15,16). The van der Waals surface area contributed by atoms with E-state index < -0.39 is 11.5 Å². The van der Waals surface area contributed by atoms with E-state index in [0.29, 0.717) is 0 Å². The van der Waals surface area contributed by atoms with Gasteiger partial charge in [0, 0.05) is 0 Å². The number of aliphatic carboxylic acids is 1. The minimum atomic E-state index is -0.582. The lowest BCUT2D eigenvalue weighted by Crippen LogP contribution is -2.57. The van der Waals surface area contributed by atoms with Gasteiger partial charge in [0.05, 0.1) is 0 Å². The van der Waals surface area contributed by atoms with Gasteiger partial charge in [-0.3, -0.25) is 9.69 Å². The predicted octanol–water partition coefficient (Wildman–Crippen LogP) is 2.51. The second-order valence-corrected chi connectivity index (χ2v) is 5.57. The van der Waals surface area contributed by atoms with Gasteiger partial charge in [-0.05, 0) is 44.7 Å². The van der Waals surface area contributed by atoms with Crippen LogP contribution in [0.15, 0.2) is 0 Å². The highest BCUT2D eigenvalue weighted by molar-refractivity contribution is 5.79. The Labute approximate surface area is 97.8 Å². The van der Waals surface area contributed by atoms with Crippen LogP contribution < -0.4 is 0 Å². The van der Waals surface area contributed by atoms with E-state index in [1.165, 1.54) is 6.42 Å². The van der Waals surface area contributed by atoms with Crippen LogP contribution in [0.1, 0.15) is 51.9 Å². The summed E-state index contributed by atoms with van der Waals surface area (Å²) in [6.07, 6.45) is 7.41. The molecule has 3 heteroatoms. The minimum Gasteiger partial charge on any atom is -0.480 e. The average molecular weight is 225 g/mol. The number of rotatable bonds is 2. The Morgan fingerprint density at radius 2 is 1.75 bits per heavy atom. The second kappa shape index (κ2) is 4.74. The van der Waals surface area contributed by atoms with Crippen LogP contribution in [-0.2, 0) is 4.79 Å². The summed E-state index contributed by atoms with van der Waals surface area (Å²) in [6, 6.07) is 0. The largest absolute Gasteiger partial charge is 0.480 e. The molecule has 1 saturated carbocycles. The number of carbonyl (C=O) groups is 1. The fourth-order valence-electron chi connectivity index (χ4n) is 3.24. The molecule has 2 rings (SSSR count). The first-order valence-electron chi connectivity index (χ1n) is 6.63. The molecule has 0 unspecified atom stereocenters. The van der Waals surface area contributed by atoms with E-state index in [0.717, 1.165) is 57.5 Å². The molecule has 2 aliphatic rings. The van der Waals surface area contributed by atoms with Crippen LogP contribution in [-0.4, -0.2) is 34.6 Å². The average Bonchev–Trinajstić information content (AvgIpc) is 2.30. The SMILES string of the molecule is CC1CCN(C2(C(=O)O)CCCCC2)CC1. The molecule has 0 bridgehead atoms. The van der Waals surface area contributed by atoms with E-state index in [4.69, 9.17) is 0 Å². The molecule has 0 spiro atoms. The zero-order valence-electron chi connectivity index (χ0n) is 10.2. The maximum atomic E-state index is 11.6. The van der Waals surface area contributed by atoms with Crippen molar-refractivity contribution in [3.05, 3.63) is 0 Å². The van der Waals surface area contributed by atoms with Crippen molar-refractivity contribution in [3.8, 4) is 0 Å². The Bertz CT molecular complexity index is 251. The van der Waals surface area contributed by atoms with Gasteiger partial charge >= 0.3 is 5.97 Å². The van der Waals surface area contributed by atoms with Crippen molar-refractivity contribution in [2.24, 2.45) is 5.92 Å². The molecule has 1 aliphatic carbocycles. The number of carboxylic acid groups (broad SMARTS) is 1. The summed E-state index contributed by atoms with van der Waals surface area (Å²) >= 11 is 0. The topological polar surface area (TPSA) is 40.5 Å². The number of carboxylic acids is 1. The van der Waals surface area contributed by atoms with Gasteiger partial charge < -0.3 is 5.11 Å². The number of nitrogens with zero attached hydrogens (tertiary/aromatic N) is 1. The van der Waals surface area contributed by atoms with Crippen LogP contribution in [0.5, 0.6) is 0 Å². The zero-order chi connectivity index (χ0) is 11.6. The van der Waals surface area contributed by atoms with Crippen LogP contribution >= 0.6 is 0 Å². The molecule has 92 valence electrons. The third kappa shape index (κ3) is 2.10. The Kier molecular flexibility index (Phi) is 3.53. The molecule has 1 N–H and O–H groups in total. The molecule has 16 heavy (non-hydrogen) atoms. The molecular weight excluding hydrogens is 202 g/mol. The lowest BCUT2D eigenvalue weighted by Gasteiger charge is -2.46. The predicted molar refractivity (Wildman–Crippen MR) is 63.4 cm³/mol. The monoisotopic (exact) mass is 225 g/mol. The van der Waals surface area contributed by atoms with E-state index in [1.54, 1.807) is 0 Å². The molecule has 1 heterocycles. The van der Waals surface area contributed by atoms with Gasteiger partial charge in [-0.1, -0.05) is 26.2 Å². The molecule has 0 atom stereocenters. The Hall–Kier alpha value is -0.570. The van der Waals surface area contributed by atoms with Crippen molar-refractivity contribution in [1.82, 2.24) is 4.90 Å². The van der Waals surface area contributed by atoms with E-state index in [-0.39, 0.29) is 0 Å². The molecule has 3 nitrogen and oxygen atoms in total. The lowest BCUT2D eigenvalue weighted by atomic mass is 9.78. The van der Waals surface area contributed by atoms with E-state index in [9.17, 15) is 9.90 Å². The van der Waals surface area contributed by atoms with Gasteiger partial charge in [0.1, 0.15) is 5.54 Å². The summed E-state index contributed by atoms with van der Waals surface area (Å²) in [7, 11) is 0. The highest BCUT2D eigenvalue weighted by atomic mass is 16.4. The number of likely N-dealkylation sites (tertiary alicyclic amines) is 1. The zero-order valence-corrected chi connectivity index (χ0v) is 10.2. The van der Waals surface area contributed by atoms with Gasteiger partial charge in [-0.15, -0.1) is 0 Å². The summed E-state index contributed by atoms with van der Waals surface area (Å²) in [5, 5.41) is 9.57. The smallest absolute Gasteiger partial charge is 0.324 e. The normalized spacial score (nSPS) is 27.8. The highest BCUT2D eigenvalue weighted by Gasteiger charge is 2.45. The second-order valence-electron chi connectivity index (χ2n) is 5.57. The number of hydrogen-bond acceptors (Lipinski definition) is 2. The Balaban J connectivity index is 2.09. The molecule has 0 radical (unpaired) electrons. The van der Waals surface area contributed by atoms with Gasteiger partial charge in [-0.2, -0.15) is 0 Å². The van der Waals surface area contributed by atoms with Crippen LogP contribution in [0.25, 0.3) is 0 Å². The first-order chi connectivity index (χ1) is 7.65. The molecule has 0 aromatic rings. The Morgan fingerprint density at radius 1 is 1.19 bits per heavy atom. The van der Waals surface area contributed by atoms with Crippen LogP contribution in [0, 0.1) is 5.92 Å².